The van der Waals surface area contributed by atoms with E-state index < -0.39 is 32.9 Å². The van der Waals surface area contributed by atoms with Crippen molar-refractivity contribution in [3.63, 3.8) is 0 Å². The van der Waals surface area contributed by atoms with Crippen LogP contribution >= 0.6 is 11.8 Å². The Bertz CT molecular complexity index is 1150. The zero-order valence-electron chi connectivity index (χ0n) is 17.3. The number of halogens is 1. The van der Waals surface area contributed by atoms with E-state index in [1.807, 2.05) is 6.92 Å². The van der Waals surface area contributed by atoms with Crippen molar-refractivity contribution in [2.24, 2.45) is 4.40 Å². The molecule has 2 amide bonds. The predicted octanol–water partition coefficient (Wildman–Crippen LogP) is 3.59. The summed E-state index contributed by atoms with van der Waals surface area (Å²) >= 11 is 0.916. The fraction of sp³-hybridized carbons (Fsp3) is 0.227. The Labute approximate surface area is 190 Å². The van der Waals surface area contributed by atoms with Crippen LogP contribution in [-0.2, 0) is 26.0 Å². The average Bonchev–Trinajstić information content (AvgIpc) is 3.04. The molecule has 0 bridgehead atoms. The lowest BCUT2D eigenvalue weighted by Crippen LogP contribution is -2.33. The van der Waals surface area contributed by atoms with Gasteiger partial charge in [0.2, 0.25) is 11.8 Å². The molecule has 1 heterocycles. The molecule has 32 heavy (non-hydrogen) atoms. The van der Waals surface area contributed by atoms with Crippen LogP contribution in [0.5, 0.6) is 0 Å². The summed E-state index contributed by atoms with van der Waals surface area (Å²) in [4.78, 5) is 26.4. The van der Waals surface area contributed by atoms with Crippen molar-refractivity contribution in [1.82, 2.24) is 4.90 Å². The number of thioether (sulfide) groups is 1. The van der Waals surface area contributed by atoms with Crippen LogP contribution in [0.4, 0.5) is 10.1 Å². The van der Waals surface area contributed by atoms with Gasteiger partial charge in [-0.25, -0.2) is 4.39 Å². The smallest absolute Gasteiger partial charge is 0.284 e. The number of hydrogen-bond donors (Lipinski definition) is 1. The number of anilines is 1. The summed E-state index contributed by atoms with van der Waals surface area (Å²) in [6.07, 6.45) is 2.03. The minimum absolute atomic E-state index is 0.00551. The molecule has 0 saturated carbocycles. The molecule has 1 atom stereocenters. The Morgan fingerprint density at radius 1 is 1.22 bits per heavy atom. The molecule has 0 aromatic heterocycles. The molecule has 3 rings (SSSR count). The van der Waals surface area contributed by atoms with Gasteiger partial charge in [0.15, 0.2) is 5.17 Å². The van der Waals surface area contributed by atoms with Crippen molar-refractivity contribution in [3.05, 3.63) is 72.6 Å². The third kappa shape index (κ3) is 5.63. The Morgan fingerprint density at radius 2 is 1.88 bits per heavy atom. The van der Waals surface area contributed by atoms with E-state index in [4.69, 9.17) is 0 Å². The molecule has 168 valence electrons. The Balaban J connectivity index is 1.78. The first-order valence-corrected chi connectivity index (χ1v) is 12.1. The van der Waals surface area contributed by atoms with Gasteiger partial charge in [-0.05, 0) is 48.4 Å². The Kier molecular flexibility index (Phi) is 7.47. The summed E-state index contributed by atoms with van der Waals surface area (Å²) < 4.78 is 42.4. The molecule has 2 aromatic rings. The van der Waals surface area contributed by atoms with Crippen LogP contribution in [-0.4, -0.2) is 42.1 Å². The third-order valence-electron chi connectivity index (χ3n) is 4.66. The van der Waals surface area contributed by atoms with Crippen LogP contribution in [0.25, 0.3) is 0 Å². The lowest BCUT2D eigenvalue weighted by atomic mass is 10.2. The summed E-state index contributed by atoms with van der Waals surface area (Å²) in [5.41, 5.74) is 1.38. The van der Waals surface area contributed by atoms with E-state index in [2.05, 4.69) is 16.3 Å². The second-order valence-electron chi connectivity index (χ2n) is 6.95. The summed E-state index contributed by atoms with van der Waals surface area (Å²) in [7, 11) is -4.04. The number of nitrogens with zero attached hydrogens (tertiary/aromatic N) is 2. The van der Waals surface area contributed by atoms with Crippen molar-refractivity contribution in [1.29, 1.82) is 0 Å². The largest absolute Gasteiger partial charge is 0.326 e. The molecule has 2 aromatic carbocycles. The van der Waals surface area contributed by atoms with E-state index in [1.54, 1.807) is 12.1 Å². The second-order valence-corrected chi connectivity index (χ2v) is 9.72. The van der Waals surface area contributed by atoms with Gasteiger partial charge in [-0.2, -0.15) is 8.42 Å². The fourth-order valence-corrected chi connectivity index (χ4v) is 5.34. The molecule has 7 nitrogen and oxygen atoms in total. The van der Waals surface area contributed by atoms with Gasteiger partial charge in [0, 0.05) is 18.7 Å². The minimum atomic E-state index is -4.04. The van der Waals surface area contributed by atoms with Crippen molar-refractivity contribution < 1.29 is 22.4 Å². The van der Waals surface area contributed by atoms with Crippen LogP contribution < -0.4 is 5.32 Å². The molecule has 10 heteroatoms. The van der Waals surface area contributed by atoms with E-state index in [-0.39, 0.29) is 23.0 Å². The topological polar surface area (TPSA) is 95.9 Å². The fourth-order valence-electron chi connectivity index (χ4n) is 2.97. The van der Waals surface area contributed by atoms with E-state index >= 15 is 0 Å². The molecule has 0 radical (unpaired) electrons. The number of nitrogens with one attached hydrogen (secondary N) is 1. The van der Waals surface area contributed by atoms with Gasteiger partial charge in [0.1, 0.15) is 11.1 Å². The molecule has 1 fully saturated rings. The highest BCUT2D eigenvalue weighted by atomic mass is 32.2. The molecule has 1 N–H and O–H groups in total. The minimum Gasteiger partial charge on any atom is -0.326 e. The first-order valence-electron chi connectivity index (χ1n) is 9.81. The molecule has 1 aliphatic rings. The quantitative estimate of drug-likeness (QED) is 0.589. The molecule has 1 saturated heterocycles. The van der Waals surface area contributed by atoms with E-state index in [0.717, 1.165) is 23.7 Å². The normalized spacial score (nSPS) is 17.6. The number of sulfonamides is 1. The predicted molar refractivity (Wildman–Crippen MR) is 123 cm³/mol. The highest BCUT2D eigenvalue weighted by Crippen LogP contribution is 2.31. The number of benzene rings is 2. The third-order valence-corrected chi connectivity index (χ3v) is 7.23. The van der Waals surface area contributed by atoms with Crippen LogP contribution in [0.2, 0.25) is 0 Å². The maximum Gasteiger partial charge on any atom is 0.284 e. The Hall–Kier alpha value is -2.98. The molecule has 0 aliphatic carbocycles. The van der Waals surface area contributed by atoms with Crippen LogP contribution in [0.3, 0.4) is 0 Å². The number of aryl methyl sites for hydroxylation is 1. The summed E-state index contributed by atoms with van der Waals surface area (Å²) in [6.45, 7) is 5.62. The number of carbonyl (C=O) groups is 2. The maximum atomic E-state index is 13.0. The second kappa shape index (κ2) is 10.1. The van der Waals surface area contributed by atoms with Crippen LogP contribution in [0, 0.1) is 5.82 Å². The summed E-state index contributed by atoms with van der Waals surface area (Å²) in [5.74, 6) is -1.32. The maximum absolute atomic E-state index is 13.0. The van der Waals surface area contributed by atoms with Gasteiger partial charge in [0.05, 0.1) is 4.90 Å². The SMILES string of the molecule is C=CCN1C(=O)[C@@H](CC(=O)Nc2ccc(F)cc2)SC1=NS(=O)(=O)c1ccc(CC)cc1. The van der Waals surface area contributed by atoms with Crippen molar-refractivity contribution in [3.8, 4) is 0 Å². The number of hydrogen-bond acceptors (Lipinski definition) is 5. The molecular weight excluding hydrogens is 453 g/mol. The standard InChI is InChI=1S/C22H22FN3O4S2/c1-3-13-26-21(28)19(14-20(27)24-17-9-7-16(23)8-10-17)31-22(26)25-32(29,30)18-11-5-15(4-2)6-12-18/h3,5-12,19H,1,4,13-14H2,2H3,(H,24,27)/t19-/m1/s1. The highest BCUT2D eigenvalue weighted by molar-refractivity contribution is 8.16. The first kappa shape index (κ1) is 23.7. The summed E-state index contributed by atoms with van der Waals surface area (Å²) in [5, 5.41) is 1.75. The van der Waals surface area contributed by atoms with Crippen LogP contribution in [0.15, 0.2) is 70.5 Å². The van der Waals surface area contributed by atoms with Crippen molar-refractivity contribution in [2.75, 3.05) is 11.9 Å². The molecule has 0 unspecified atom stereocenters. The van der Waals surface area contributed by atoms with Crippen LogP contribution in [0.1, 0.15) is 18.9 Å². The van der Waals surface area contributed by atoms with Gasteiger partial charge < -0.3 is 5.32 Å². The first-order chi connectivity index (χ1) is 15.2. The highest BCUT2D eigenvalue weighted by Gasteiger charge is 2.39. The van der Waals surface area contributed by atoms with E-state index in [0.29, 0.717) is 5.69 Å². The zero-order valence-corrected chi connectivity index (χ0v) is 19.0. The summed E-state index contributed by atoms with van der Waals surface area (Å²) in [6, 6.07) is 11.6. The molecule has 0 spiro atoms. The van der Waals surface area contributed by atoms with Crippen molar-refractivity contribution in [2.45, 2.75) is 29.9 Å². The van der Waals surface area contributed by atoms with E-state index in [9.17, 15) is 22.4 Å². The number of amidine groups is 1. The van der Waals surface area contributed by atoms with Gasteiger partial charge in [-0.3, -0.25) is 14.5 Å². The zero-order chi connectivity index (χ0) is 23.3. The Morgan fingerprint density at radius 3 is 2.47 bits per heavy atom. The van der Waals surface area contributed by atoms with Gasteiger partial charge in [-0.1, -0.05) is 36.9 Å². The number of amides is 2. The molecular formula is C22H22FN3O4S2. The van der Waals surface area contributed by atoms with Gasteiger partial charge >= 0.3 is 0 Å². The van der Waals surface area contributed by atoms with E-state index in [1.165, 1.54) is 47.4 Å². The van der Waals surface area contributed by atoms with Crippen molar-refractivity contribution >= 4 is 44.5 Å². The lowest BCUT2D eigenvalue weighted by molar-refractivity contribution is -0.127. The average molecular weight is 476 g/mol. The van der Waals surface area contributed by atoms with Gasteiger partial charge in [0.25, 0.3) is 10.0 Å². The molecule has 1 aliphatic heterocycles. The lowest BCUT2D eigenvalue weighted by Gasteiger charge is -2.13. The van der Waals surface area contributed by atoms with Gasteiger partial charge in [-0.15, -0.1) is 11.0 Å². The monoisotopic (exact) mass is 475 g/mol. The number of rotatable bonds is 8. The number of carbonyl (C=O) groups excluding carboxylic acids is 2.